The maximum atomic E-state index is 11.9. The molecule has 0 fully saturated rings. The molecule has 4 aromatic carbocycles. The Kier molecular flexibility index (Phi) is 15.1. The number of carbonyl (C=O) groups is 2. The van der Waals surface area contributed by atoms with E-state index in [1.54, 1.807) is 84.9 Å². The van der Waals surface area contributed by atoms with E-state index in [1.165, 1.54) is 12.1 Å². The summed E-state index contributed by atoms with van der Waals surface area (Å²) in [5.41, 5.74) is 1.84. The Morgan fingerprint density at radius 1 is 0.512 bits per heavy atom. The molecule has 0 heterocycles. The van der Waals surface area contributed by atoms with Crippen LogP contribution in [0.2, 0.25) is 0 Å². The summed E-state index contributed by atoms with van der Waals surface area (Å²) in [7, 11) is 0. The molecule has 0 unspecified atom stereocenters. The molecule has 5 heteroatoms. The number of hydrogen-bond donors (Lipinski definition) is 2. The third-order valence-corrected chi connectivity index (χ3v) is 5.54. The van der Waals surface area contributed by atoms with Gasteiger partial charge in [0.1, 0.15) is 11.5 Å². The molecule has 0 bridgehead atoms. The van der Waals surface area contributed by atoms with Crippen molar-refractivity contribution in [3.05, 3.63) is 180 Å². The van der Waals surface area contributed by atoms with Gasteiger partial charge in [0.2, 0.25) is 0 Å². The summed E-state index contributed by atoms with van der Waals surface area (Å²) in [5, 5.41) is 19.0. The molecule has 0 spiro atoms. The second kappa shape index (κ2) is 18.9. The fraction of sp³-hybridized carbons (Fsp3) is 0.0556. The molecule has 2 aliphatic rings. The fourth-order valence-electron chi connectivity index (χ4n) is 3.50. The third-order valence-electron chi connectivity index (χ3n) is 5.54. The van der Waals surface area contributed by atoms with Crippen molar-refractivity contribution in [2.45, 2.75) is 12.8 Å². The second-order valence-electron chi connectivity index (χ2n) is 8.43. The zero-order valence-electron chi connectivity index (χ0n) is 22.5. The number of para-hydroxylation sites is 2. The summed E-state index contributed by atoms with van der Waals surface area (Å²) in [4.78, 5) is 23.8. The molecule has 4 nitrogen and oxygen atoms in total. The van der Waals surface area contributed by atoms with Gasteiger partial charge in [-0.15, -0.1) is 12.8 Å². The summed E-state index contributed by atoms with van der Waals surface area (Å²) in [6.45, 7) is 0. The number of allylic oxidation sites excluding steroid dienone is 8. The van der Waals surface area contributed by atoms with Crippen molar-refractivity contribution in [2.75, 3.05) is 0 Å². The van der Waals surface area contributed by atoms with Crippen molar-refractivity contribution in [3.8, 4) is 11.5 Å². The van der Waals surface area contributed by atoms with Crippen molar-refractivity contribution in [1.82, 2.24) is 0 Å². The van der Waals surface area contributed by atoms with Gasteiger partial charge in [0.15, 0.2) is 11.6 Å². The van der Waals surface area contributed by atoms with E-state index in [0.29, 0.717) is 22.3 Å². The number of phenols is 2. The largest absolute Gasteiger partial charge is 2.00 e. The predicted molar refractivity (Wildman–Crippen MR) is 159 cm³/mol. The number of ketones is 2. The van der Waals surface area contributed by atoms with E-state index in [1.807, 2.05) is 36.4 Å². The molecule has 6 rings (SSSR count). The molecule has 0 saturated carbocycles. The molecular weight excluding hydrogens is 588 g/mol. The van der Waals surface area contributed by atoms with Crippen LogP contribution in [0.4, 0.5) is 0 Å². The first-order valence-electron chi connectivity index (χ1n) is 12.8. The van der Waals surface area contributed by atoms with E-state index in [2.05, 4.69) is 24.3 Å². The molecule has 0 radical (unpaired) electrons. The van der Waals surface area contributed by atoms with Crippen LogP contribution >= 0.6 is 0 Å². The molecule has 0 saturated heterocycles. The minimum Gasteiger partial charge on any atom is -0.507 e. The zero-order valence-corrected chi connectivity index (χ0v) is 24.9. The molecular formula is C36H30O4Zr. The summed E-state index contributed by atoms with van der Waals surface area (Å²) in [5.74, 6) is -0.278. The molecule has 0 aliphatic heterocycles. The molecule has 202 valence electrons. The minimum absolute atomic E-state index is 0. The molecule has 4 aromatic rings. The Bertz CT molecular complexity index is 1350. The average Bonchev–Trinajstić information content (AvgIpc) is 3.79. The van der Waals surface area contributed by atoms with Gasteiger partial charge in [0.25, 0.3) is 0 Å². The van der Waals surface area contributed by atoms with Crippen LogP contribution in [0.5, 0.6) is 11.5 Å². The SMILES string of the molecule is O=C(c1ccccc1)c1ccccc1O.O=C(c1ccccc1)c1ccccc1O.[C-]1=CC=CC1.[C-]1=CC=CC1.[Zr+2]. The second-order valence-corrected chi connectivity index (χ2v) is 8.43. The van der Waals surface area contributed by atoms with Gasteiger partial charge < -0.3 is 10.2 Å². The Morgan fingerprint density at radius 2 is 0.854 bits per heavy atom. The van der Waals surface area contributed by atoms with E-state index in [0.717, 1.165) is 12.8 Å². The van der Waals surface area contributed by atoms with Crippen LogP contribution in [0.3, 0.4) is 0 Å². The zero-order chi connectivity index (χ0) is 28.4. The van der Waals surface area contributed by atoms with E-state index in [-0.39, 0.29) is 49.3 Å². The van der Waals surface area contributed by atoms with Crippen molar-refractivity contribution in [3.63, 3.8) is 0 Å². The van der Waals surface area contributed by atoms with E-state index < -0.39 is 0 Å². The van der Waals surface area contributed by atoms with Crippen LogP contribution in [0.15, 0.2) is 146 Å². The Labute approximate surface area is 260 Å². The fourth-order valence-corrected chi connectivity index (χ4v) is 3.50. The molecule has 41 heavy (non-hydrogen) atoms. The number of rotatable bonds is 4. The van der Waals surface area contributed by atoms with Gasteiger partial charge in [-0.2, -0.15) is 12.2 Å². The summed E-state index contributed by atoms with van der Waals surface area (Å²) < 4.78 is 0. The monoisotopic (exact) mass is 616 g/mol. The van der Waals surface area contributed by atoms with Gasteiger partial charge in [-0.3, -0.25) is 21.7 Å². The van der Waals surface area contributed by atoms with Crippen LogP contribution in [-0.4, -0.2) is 21.8 Å². The predicted octanol–water partition coefficient (Wildman–Crippen LogP) is 7.86. The first kappa shape index (κ1) is 32.9. The summed E-state index contributed by atoms with van der Waals surface area (Å²) in [6, 6.07) is 30.9. The van der Waals surface area contributed by atoms with Gasteiger partial charge in [-0.25, -0.2) is 24.3 Å². The first-order valence-corrected chi connectivity index (χ1v) is 12.8. The van der Waals surface area contributed by atoms with Gasteiger partial charge in [-0.1, -0.05) is 84.9 Å². The Morgan fingerprint density at radius 3 is 1.12 bits per heavy atom. The maximum absolute atomic E-state index is 11.9. The average molecular weight is 618 g/mol. The quantitative estimate of drug-likeness (QED) is 0.181. The molecule has 2 aliphatic carbocycles. The summed E-state index contributed by atoms with van der Waals surface area (Å²) in [6.07, 6.45) is 20.0. The number of aromatic hydroxyl groups is 2. The standard InChI is InChI=1S/2C13H10O2.2C5H5.Zr/c2*14-12-9-5-4-8-11(12)13(15)10-6-2-1-3-7-10;2*1-2-4-5-3-1;/h2*1-9,14H;2*1-3H,4H2;/q;;2*-1;+2. The maximum Gasteiger partial charge on any atom is 2.00 e. The van der Waals surface area contributed by atoms with E-state index >= 15 is 0 Å². The smallest absolute Gasteiger partial charge is 0.507 e. The Balaban J connectivity index is 0.000000211. The van der Waals surface area contributed by atoms with Gasteiger partial charge in [-0.05, 0) is 24.3 Å². The van der Waals surface area contributed by atoms with Crippen LogP contribution < -0.4 is 0 Å². The van der Waals surface area contributed by atoms with Crippen molar-refractivity contribution in [2.24, 2.45) is 0 Å². The minimum atomic E-state index is -0.159. The normalized spacial score (nSPS) is 11.5. The first-order chi connectivity index (χ1) is 19.6. The van der Waals surface area contributed by atoms with Crippen molar-refractivity contribution in [1.29, 1.82) is 0 Å². The molecule has 0 atom stereocenters. The Hall–Kier alpha value is -4.34. The van der Waals surface area contributed by atoms with Crippen LogP contribution in [-0.2, 0) is 26.2 Å². The van der Waals surface area contributed by atoms with Crippen LogP contribution in [0, 0.1) is 12.2 Å². The number of carbonyl (C=O) groups excluding carboxylic acids is 2. The van der Waals surface area contributed by atoms with Gasteiger partial charge in [0.05, 0.1) is 11.1 Å². The molecule has 2 N–H and O–H groups in total. The van der Waals surface area contributed by atoms with Gasteiger partial charge >= 0.3 is 26.2 Å². The number of benzene rings is 4. The van der Waals surface area contributed by atoms with E-state index in [9.17, 15) is 19.8 Å². The van der Waals surface area contributed by atoms with Crippen LogP contribution in [0.25, 0.3) is 0 Å². The van der Waals surface area contributed by atoms with Crippen molar-refractivity contribution >= 4 is 11.6 Å². The summed E-state index contributed by atoms with van der Waals surface area (Å²) >= 11 is 0. The van der Waals surface area contributed by atoms with Crippen LogP contribution in [0.1, 0.15) is 44.7 Å². The van der Waals surface area contributed by atoms with Gasteiger partial charge in [0, 0.05) is 11.1 Å². The molecule has 0 amide bonds. The van der Waals surface area contributed by atoms with Crippen molar-refractivity contribution < 1.29 is 46.0 Å². The van der Waals surface area contributed by atoms with E-state index in [4.69, 9.17) is 0 Å². The molecule has 0 aromatic heterocycles. The number of phenolic OH excluding ortho intramolecular Hbond substituents is 2. The third kappa shape index (κ3) is 11.4. The number of hydrogen-bond acceptors (Lipinski definition) is 4. The topological polar surface area (TPSA) is 74.6 Å².